The normalized spacial score (nSPS) is 20.0. The van der Waals surface area contributed by atoms with E-state index in [2.05, 4.69) is 5.32 Å². The Labute approximate surface area is 139 Å². The summed E-state index contributed by atoms with van der Waals surface area (Å²) in [6.45, 7) is 1.45. The molecule has 0 saturated carbocycles. The number of ether oxygens (including phenoxy) is 1. The molecule has 124 valence electrons. The highest BCUT2D eigenvalue weighted by Gasteiger charge is 2.26. The van der Waals surface area contributed by atoms with E-state index < -0.39 is 33.7 Å². The molecular formula is C15H16ClNO5S. The summed E-state index contributed by atoms with van der Waals surface area (Å²) in [6.07, 6.45) is 0.406. The predicted octanol–water partition coefficient (Wildman–Crippen LogP) is 2.16. The summed E-state index contributed by atoms with van der Waals surface area (Å²) >= 11 is 5.75. The first-order valence-electron chi connectivity index (χ1n) is 6.92. The minimum Gasteiger partial charge on any atom is -0.453 e. The number of benzene rings is 1. The molecule has 1 amide bonds. The van der Waals surface area contributed by atoms with Crippen LogP contribution in [0.3, 0.4) is 0 Å². The Balaban J connectivity index is 1.82. The molecule has 1 aliphatic heterocycles. The van der Waals surface area contributed by atoms with E-state index in [1.165, 1.54) is 13.0 Å². The molecule has 1 aromatic carbocycles. The number of halogens is 1. The second-order valence-electron chi connectivity index (χ2n) is 5.25. The first kappa shape index (κ1) is 17.5. The van der Waals surface area contributed by atoms with Crippen LogP contribution in [0, 0.1) is 5.92 Å². The largest absolute Gasteiger partial charge is 0.453 e. The van der Waals surface area contributed by atoms with Crippen molar-refractivity contribution in [3.63, 3.8) is 0 Å². The second-order valence-corrected chi connectivity index (χ2v) is 7.62. The molecule has 1 heterocycles. The first-order valence-corrected chi connectivity index (χ1v) is 9.01. The zero-order chi connectivity index (χ0) is 17.0. The number of carbonyl (C=O) groups is 2. The van der Waals surface area contributed by atoms with Crippen LogP contribution in [0.4, 0.5) is 5.69 Å². The maximum Gasteiger partial charge on any atom is 0.307 e. The van der Waals surface area contributed by atoms with Crippen LogP contribution in [-0.2, 0) is 24.2 Å². The Kier molecular flexibility index (Phi) is 5.43. The molecule has 0 unspecified atom stereocenters. The molecule has 2 atom stereocenters. The first-order chi connectivity index (χ1) is 10.7. The molecule has 0 aromatic heterocycles. The van der Waals surface area contributed by atoms with Gasteiger partial charge in [0.1, 0.15) is 0 Å². The molecule has 0 saturated heterocycles. The van der Waals surface area contributed by atoms with E-state index in [9.17, 15) is 18.0 Å². The highest BCUT2D eigenvalue weighted by Crippen LogP contribution is 2.19. The molecule has 1 aliphatic rings. The molecule has 6 nitrogen and oxygen atoms in total. The average molecular weight is 358 g/mol. The van der Waals surface area contributed by atoms with Crippen LogP contribution >= 0.6 is 11.6 Å². The molecule has 0 radical (unpaired) electrons. The van der Waals surface area contributed by atoms with Crippen LogP contribution in [0.1, 0.15) is 13.3 Å². The van der Waals surface area contributed by atoms with E-state index in [1.807, 2.05) is 0 Å². The van der Waals surface area contributed by atoms with Crippen LogP contribution in [0.5, 0.6) is 0 Å². The Morgan fingerprint density at radius 2 is 2.00 bits per heavy atom. The summed E-state index contributed by atoms with van der Waals surface area (Å²) < 4.78 is 27.6. The van der Waals surface area contributed by atoms with E-state index >= 15 is 0 Å². The maximum atomic E-state index is 11.9. The van der Waals surface area contributed by atoms with Gasteiger partial charge < -0.3 is 10.1 Å². The number of hydrogen-bond acceptors (Lipinski definition) is 5. The third-order valence-corrected chi connectivity index (χ3v) is 4.94. The van der Waals surface area contributed by atoms with Gasteiger partial charge in [-0.2, -0.15) is 0 Å². The molecule has 8 heteroatoms. The van der Waals surface area contributed by atoms with Gasteiger partial charge in [0.25, 0.3) is 5.91 Å². The molecule has 23 heavy (non-hydrogen) atoms. The molecule has 1 aromatic rings. The van der Waals surface area contributed by atoms with Gasteiger partial charge in [-0.05, 0) is 31.2 Å². The molecule has 0 bridgehead atoms. The number of sulfone groups is 1. The van der Waals surface area contributed by atoms with Crippen molar-refractivity contribution in [1.82, 2.24) is 0 Å². The molecule has 0 aliphatic carbocycles. The number of esters is 1. The summed E-state index contributed by atoms with van der Waals surface area (Å²) in [5, 5.41) is 4.24. The summed E-state index contributed by atoms with van der Waals surface area (Å²) in [5.41, 5.74) is 0.534. The van der Waals surface area contributed by atoms with E-state index in [1.54, 1.807) is 24.3 Å². The Bertz CT molecular complexity index is 727. The van der Waals surface area contributed by atoms with E-state index in [-0.39, 0.29) is 12.2 Å². The minimum atomic E-state index is -3.21. The van der Waals surface area contributed by atoms with E-state index in [0.29, 0.717) is 10.7 Å². The fourth-order valence-electron chi connectivity index (χ4n) is 2.06. The number of rotatable bonds is 5. The van der Waals surface area contributed by atoms with Crippen LogP contribution in [0.15, 0.2) is 35.7 Å². The second kappa shape index (κ2) is 7.14. The average Bonchev–Trinajstić information content (AvgIpc) is 2.80. The van der Waals surface area contributed by atoms with Gasteiger partial charge in [0.05, 0.1) is 12.2 Å². The number of allylic oxidation sites excluding steroid dienone is 1. The molecule has 1 N–H and O–H groups in total. The number of amides is 1. The Morgan fingerprint density at radius 3 is 2.57 bits per heavy atom. The maximum absolute atomic E-state index is 11.9. The van der Waals surface area contributed by atoms with Gasteiger partial charge in [0.15, 0.2) is 15.9 Å². The SMILES string of the molecule is C[C@H](OC(=O)C[C@@H]1C=CS(=O)(=O)C1)C(=O)Nc1ccc(Cl)cc1. The predicted molar refractivity (Wildman–Crippen MR) is 86.7 cm³/mol. The van der Waals surface area contributed by atoms with Gasteiger partial charge in [0, 0.05) is 22.0 Å². The highest BCUT2D eigenvalue weighted by atomic mass is 35.5. The fourth-order valence-corrected chi connectivity index (χ4v) is 3.58. The Morgan fingerprint density at radius 1 is 1.35 bits per heavy atom. The van der Waals surface area contributed by atoms with Crippen molar-refractivity contribution in [2.45, 2.75) is 19.4 Å². The van der Waals surface area contributed by atoms with Crippen LogP contribution in [0.2, 0.25) is 5.02 Å². The number of hydrogen-bond donors (Lipinski definition) is 1. The minimum absolute atomic E-state index is 0.0751. The van der Waals surface area contributed by atoms with Gasteiger partial charge in [-0.1, -0.05) is 17.7 Å². The van der Waals surface area contributed by atoms with Gasteiger partial charge in [-0.25, -0.2) is 8.42 Å². The molecule has 0 fully saturated rings. The van der Waals surface area contributed by atoms with Crippen molar-refractivity contribution in [3.05, 3.63) is 40.8 Å². The summed E-state index contributed by atoms with van der Waals surface area (Å²) in [7, 11) is -3.21. The lowest BCUT2D eigenvalue weighted by Gasteiger charge is -2.14. The smallest absolute Gasteiger partial charge is 0.307 e. The van der Waals surface area contributed by atoms with E-state index in [0.717, 1.165) is 5.41 Å². The van der Waals surface area contributed by atoms with Crippen molar-refractivity contribution in [2.24, 2.45) is 5.92 Å². The summed E-state index contributed by atoms with van der Waals surface area (Å²) in [6, 6.07) is 6.51. The van der Waals surface area contributed by atoms with Crippen LogP contribution < -0.4 is 5.32 Å². The van der Waals surface area contributed by atoms with Gasteiger partial charge in [-0.3, -0.25) is 9.59 Å². The number of carbonyl (C=O) groups excluding carboxylic acids is 2. The molecule has 2 rings (SSSR count). The number of anilines is 1. The zero-order valence-corrected chi connectivity index (χ0v) is 13.9. The van der Waals surface area contributed by atoms with Crippen molar-refractivity contribution < 1.29 is 22.7 Å². The van der Waals surface area contributed by atoms with Crippen molar-refractivity contribution >= 4 is 39.0 Å². The fraction of sp³-hybridized carbons (Fsp3) is 0.333. The quantitative estimate of drug-likeness (QED) is 0.815. The third-order valence-electron chi connectivity index (χ3n) is 3.22. The summed E-state index contributed by atoms with van der Waals surface area (Å²) in [4.78, 5) is 23.7. The van der Waals surface area contributed by atoms with Crippen LogP contribution in [-0.4, -0.2) is 32.2 Å². The Hall–Kier alpha value is -1.86. The number of nitrogens with one attached hydrogen (secondary N) is 1. The monoisotopic (exact) mass is 357 g/mol. The van der Waals surface area contributed by atoms with Gasteiger partial charge >= 0.3 is 5.97 Å². The van der Waals surface area contributed by atoms with Gasteiger partial charge in [-0.15, -0.1) is 0 Å². The molecular weight excluding hydrogens is 342 g/mol. The zero-order valence-electron chi connectivity index (χ0n) is 12.4. The highest BCUT2D eigenvalue weighted by molar-refractivity contribution is 7.94. The lowest BCUT2D eigenvalue weighted by Crippen LogP contribution is -2.30. The van der Waals surface area contributed by atoms with Crippen molar-refractivity contribution in [1.29, 1.82) is 0 Å². The lowest BCUT2D eigenvalue weighted by atomic mass is 10.1. The van der Waals surface area contributed by atoms with Crippen molar-refractivity contribution in [3.8, 4) is 0 Å². The van der Waals surface area contributed by atoms with E-state index in [4.69, 9.17) is 16.3 Å². The summed E-state index contributed by atoms with van der Waals surface area (Å²) in [5.74, 6) is -1.60. The van der Waals surface area contributed by atoms with Crippen molar-refractivity contribution in [2.75, 3.05) is 11.1 Å². The molecule has 0 spiro atoms. The standard InChI is InChI=1S/C15H16ClNO5S/c1-10(15(19)17-13-4-2-12(16)3-5-13)22-14(18)8-11-6-7-23(20,21)9-11/h2-7,10-11H,8-9H2,1H3,(H,17,19)/t10-,11-/m0/s1. The lowest BCUT2D eigenvalue weighted by molar-refractivity contribution is -0.153. The topological polar surface area (TPSA) is 89.5 Å². The van der Waals surface area contributed by atoms with Crippen LogP contribution in [0.25, 0.3) is 0 Å². The van der Waals surface area contributed by atoms with Gasteiger partial charge in [0.2, 0.25) is 0 Å². The third kappa shape index (κ3) is 5.37.